The molecule has 2 aromatic carbocycles. The molecule has 140 valence electrons. The summed E-state index contributed by atoms with van der Waals surface area (Å²) in [6, 6.07) is 11.8. The minimum atomic E-state index is -0.515. The van der Waals surface area contributed by atoms with Gasteiger partial charge in [0.2, 0.25) is 0 Å². The molecule has 0 bridgehead atoms. The Bertz CT molecular complexity index is 982. The smallest absolute Gasteiger partial charge is 0.286 e. The van der Waals surface area contributed by atoms with E-state index in [0.717, 1.165) is 0 Å². The molecule has 2 amide bonds. The summed E-state index contributed by atoms with van der Waals surface area (Å²) >= 11 is 0. The van der Waals surface area contributed by atoms with Crippen LogP contribution in [0.4, 0.5) is 0 Å². The van der Waals surface area contributed by atoms with E-state index in [1.807, 2.05) is 0 Å². The fourth-order valence-electron chi connectivity index (χ4n) is 2.70. The second-order valence-corrected chi connectivity index (χ2v) is 5.56. The van der Waals surface area contributed by atoms with Gasteiger partial charge in [-0.25, -0.2) is 0 Å². The maximum atomic E-state index is 12.4. The molecule has 0 unspecified atom stereocenters. The minimum absolute atomic E-state index is 0.225. The van der Waals surface area contributed by atoms with Crippen molar-refractivity contribution in [1.82, 2.24) is 15.8 Å². The Morgan fingerprint density at radius 2 is 1.52 bits per heavy atom. The van der Waals surface area contributed by atoms with Gasteiger partial charge in [-0.05, 0) is 18.2 Å². The largest absolute Gasteiger partial charge is 0.496 e. The predicted octanol–water partition coefficient (Wildman–Crippen LogP) is 2.27. The number of carbonyl (C=O) groups is 2. The van der Waals surface area contributed by atoms with Crippen molar-refractivity contribution in [3.63, 3.8) is 0 Å². The number of benzene rings is 2. The summed E-state index contributed by atoms with van der Waals surface area (Å²) in [6.07, 6.45) is 0. The quantitative estimate of drug-likeness (QED) is 0.599. The molecule has 8 heteroatoms. The van der Waals surface area contributed by atoms with Crippen molar-refractivity contribution in [2.75, 3.05) is 21.3 Å². The second kappa shape index (κ2) is 7.69. The molecule has 0 aliphatic carbocycles. The Labute approximate surface area is 155 Å². The number of carbonyl (C=O) groups excluding carboxylic acids is 2. The molecule has 3 rings (SSSR count). The van der Waals surface area contributed by atoms with E-state index >= 15 is 0 Å². The number of fused-ring (bicyclic) bond motifs is 1. The zero-order chi connectivity index (χ0) is 19.4. The molecule has 0 saturated heterocycles. The van der Waals surface area contributed by atoms with Crippen LogP contribution in [0.2, 0.25) is 0 Å². The summed E-state index contributed by atoms with van der Waals surface area (Å²) in [5, 5.41) is 0.648. The van der Waals surface area contributed by atoms with E-state index < -0.39 is 11.8 Å². The number of aromatic amines is 1. The Kier molecular flexibility index (Phi) is 5.16. The van der Waals surface area contributed by atoms with Crippen molar-refractivity contribution in [3.05, 3.63) is 53.7 Å². The molecule has 1 heterocycles. The van der Waals surface area contributed by atoms with Crippen molar-refractivity contribution < 1.29 is 23.8 Å². The zero-order valence-corrected chi connectivity index (χ0v) is 15.1. The van der Waals surface area contributed by atoms with Crippen LogP contribution < -0.4 is 25.1 Å². The highest BCUT2D eigenvalue weighted by Gasteiger charge is 2.19. The van der Waals surface area contributed by atoms with Gasteiger partial charge in [0.05, 0.1) is 26.8 Å². The Morgan fingerprint density at radius 3 is 2.15 bits per heavy atom. The number of nitrogens with one attached hydrogen (secondary N) is 3. The number of amides is 2. The molecular weight excluding hydrogens is 350 g/mol. The highest BCUT2D eigenvalue weighted by molar-refractivity contribution is 6.03. The first-order chi connectivity index (χ1) is 13.1. The van der Waals surface area contributed by atoms with Crippen LogP contribution >= 0.6 is 0 Å². The molecule has 0 fully saturated rings. The average molecular weight is 369 g/mol. The first kappa shape index (κ1) is 18.1. The van der Waals surface area contributed by atoms with Crippen LogP contribution in [0, 0.1) is 0 Å². The number of ether oxygens (including phenoxy) is 3. The van der Waals surface area contributed by atoms with Crippen LogP contribution in [0.1, 0.15) is 20.8 Å². The maximum absolute atomic E-state index is 12.4. The fourth-order valence-corrected chi connectivity index (χ4v) is 2.70. The molecule has 0 saturated carbocycles. The van der Waals surface area contributed by atoms with Crippen LogP contribution in [0.5, 0.6) is 17.2 Å². The van der Waals surface area contributed by atoms with Crippen molar-refractivity contribution >= 4 is 22.7 Å². The molecule has 8 nitrogen and oxygen atoms in total. The van der Waals surface area contributed by atoms with E-state index in [9.17, 15) is 9.59 Å². The number of hydrazine groups is 1. The third-order valence-electron chi connectivity index (χ3n) is 4.01. The molecule has 27 heavy (non-hydrogen) atoms. The monoisotopic (exact) mass is 369 g/mol. The lowest BCUT2D eigenvalue weighted by molar-refractivity contribution is 0.0844. The molecule has 0 atom stereocenters. The summed E-state index contributed by atoms with van der Waals surface area (Å²) in [6.45, 7) is 0. The van der Waals surface area contributed by atoms with Crippen molar-refractivity contribution in [2.45, 2.75) is 0 Å². The second-order valence-electron chi connectivity index (χ2n) is 5.56. The van der Waals surface area contributed by atoms with Crippen molar-refractivity contribution in [1.29, 1.82) is 0 Å². The molecule has 0 aliphatic heterocycles. The molecule has 0 spiro atoms. The van der Waals surface area contributed by atoms with Gasteiger partial charge < -0.3 is 19.2 Å². The van der Waals surface area contributed by atoms with E-state index in [4.69, 9.17) is 14.2 Å². The number of H-pyrrole nitrogens is 1. The van der Waals surface area contributed by atoms with Gasteiger partial charge in [-0.2, -0.15) is 0 Å². The topological polar surface area (TPSA) is 102 Å². The predicted molar refractivity (Wildman–Crippen MR) is 99.3 cm³/mol. The molecule has 3 aromatic rings. The van der Waals surface area contributed by atoms with Gasteiger partial charge in [-0.15, -0.1) is 0 Å². The Morgan fingerprint density at radius 1 is 0.852 bits per heavy atom. The van der Waals surface area contributed by atoms with E-state index in [0.29, 0.717) is 33.7 Å². The average Bonchev–Trinajstić information content (AvgIpc) is 3.16. The van der Waals surface area contributed by atoms with E-state index in [2.05, 4.69) is 15.8 Å². The summed E-state index contributed by atoms with van der Waals surface area (Å²) in [4.78, 5) is 27.5. The Hall–Kier alpha value is -3.68. The number of rotatable bonds is 5. The third-order valence-corrected chi connectivity index (χ3v) is 4.01. The summed E-state index contributed by atoms with van der Waals surface area (Å²) in [7, 11) is 4.54. The van der Waals surface area contributed by atoms with Gasteiger partial charge in [0, 0.05) is 17.0 Å². The van der Waals surface area contributed by atoms with Crippen LogP contribution in [-0.4, -0.2) is 38.1 Å². The summed E-state index contributed by atoms with van der Waals surface area (Å²) in [5.41, 5.74) is 5.96. The summed E-state index contributed by atoms with van der Waals surface area (Å²) in [5.74, 6) is 0.496. The van der Waals surface area contributed by atoms with Crippen molar-refractivity contribution in [2.24, 2.45) is 0 Å². The molecule has 3 N–H and O–H groups in total. The SMILES string of the molecule is COc1cc(OC)c2cc(C(=O)NNC(=O)c3ccccc3)[nH]c2c1OC. The van der Waals surface area contributed by atoms with Gasteiger partial charge in [0.25, 0.3) is 11.8 Å². The highest BCUT2D eigenvalue weighted by atomic mass is 16.5. The third kappa shape index (κ3) is 3.50. The van der Waals surface area contributed by atoms with Gasteiger partial charge in [-0.3, -0.25) is 20.4 Å². The van der Waals surface area contributed by atoms with E-state index in [1.165, 1.54) is 21.3 Å². The number of aromatic nitrogens is 1. The Balaban J connectivity index is 1.86. The van der Waals surface area contributed by atoms with Crippen LogP contribution in [0.3, 0.4) is 0 Å². The molecule has 0 aliphatic rings. The van der Waals surface area contributed by atoms with Crippen molar-refractivity contribution in [3.8, 4) is 17.2 Å². The highest BCUT2D eigenvalue weighted by Crippen LogP contribution is 2.41. The van der Waals surface area contributed by atoms with Gasteiger partial charge in [-0.1, -0.05) is 18.2 Å². The first-order valence-electron chi connectivity index (χ1n) is 8.06. The van der Waals surface area contributed by atoms with Gasteiger partial charge in [0.15, 0.2) is 11.5 Å². The molecule has 1 aromatic heterocycles. The number of hydrogen-bond acceptors (Lipinski definition) is 5. The van der Waals surface area contributed by atoms with Crippen LogP contribution in [-0.2, 0) is 0 Å². The molecule has 0 radical (unpaired) electrons. The minimum Gasteiger partial charge on any atom is -0.496 e. The normalized spacial score (nSPS) is 10.3. The number of methoxy groups -OCH3 is 3. The zero-order valence-electron chi connectivity index (χ0n) is 15.1. The number of hydrogen-bond donors (Lipinski definition) is 3. The van der Waals surface area contributed by atoms with Gasteiger partial charge >= 0.3 is 0 Å². The lowest BCUT2D eigenvalue weighted by Crippen LogP contribution is -2.41. The standard InChI is InChI=1S/C19H19N3O5/c1-25-14-10-15(26-2)17(27-3)16-12(14)9-13(20-16)19(24)22-21-18(23)11-7-5-4-6-8-11/h4-10,20H,1-3H3,(H,21,23)(H,22,24). The maximum Gasteiger partial charge on any atom is 0.286 e. The van der Waals surface area contributed by atoms with E-state index in [-0.39, 0.29) is 5.69 Å². The first-order valence-corrected chi connectivity index (χ1v) is 8.06. The lowest BCUT2D eigenvalue weighted by Gasteiger charge is -2.11. The molecular formula is C19H19N3O5. The fraction of sp³-hybridized carbons (Fsp3) is 0.158. The van der Waals surface area contributed by atoms with Crippen LogP contribution in [0.15, 0.2) is 42.5 Å². The van der Waals surface area contributed by atoms with Gasteiger partial charge in [0.1, 0.15) is 11.4 Å². The van der Waals surface area contributed by atoms with E-state index in [1.54, 1.807) is 42.5 Å². The summed E-state index contributed by atoms with van der Waals surface area (Å²) < 4.78 is 16.0. The lowest BCUT2D eigenvalue weighted by atomic mass is 10.2. The van der Waals surface area contributed by atoms with Crippen LogP contribution in [0.25, 0.3) is 10.9 Å².